The number of carbonyl (C=O) groups excluding carboxylic acids is 1. The monoisotopic (exact) mass is 423 g/mol. The van der Waals surface area contributed by atoms with E-state index in [4.69, 9.17) is 14.0 Å². The lowest BCUT2D eigenvalue weighted by atomic mass is 10.4. The van der Waals surface area contributed by atoms with Gasteiger partial charge in [0.25, 0.3) is 0 Å². The van der Waals surface area contributed by atoms with E-state index in [1.54, 1.807) is 21.0 Å². The number of nitrogens with zero attached hydrogens (tertiary/aromatic N) is 3. The van der Waals surface area contributed by atoms with Crippen LogP contribution in [0.5, 0.6) is 11.9 Å². The van der Waals surface area contributed by atoms with Gasteiger partial charge in [0.1, 0.15) is 0 Å². The SMILES string of the molecule is CCCSP(=O)(OCC)SCc1cc(OC(=O)N(C)C)nc(OCC)n1. The van der Waals surface area contributed by atoms with Gasteiger partial charge in [-0.05, 0) is 20.3 Å². The molecule has 1 atom stereocenters. The fraction of sp³-hybridized carbons (Fsp3) is 0.667. The summed E-state index contributed by atoms with van der Waals surface area (Å²) in [5.41, 5.74) is 0.548. The first-order chi connectivity index (χ1) is 12.3. The fourth-order valence-electron chi connectivity index (χ4n) is 1.57. The van der Waals surface area contributed by atoms with Crippen molar-refractivity contribution in [3.8, 4) is 11.9 Å². The number of amides is 1. The first kappa shape index (κ1) is 23.1. The zero-order valence-corrected chi connectivity index (χ0v) is 18.3. The standard InChI is InChI=1S/C15H26N3O5PS2/c1-6-9-25-24(20,22-8-3)26-11-12-10-13(23-15(19)18(4)5)17-14(16-12)21-7-2/h10H,6-9,11H2,1-5H3. The molecule has 148 valence electrons. The van der Waals surface area contributed by atoms with Crippen molar-refractivity contribution in [2.24, 2.45) is 0 Å². The van der Waals surface area contributed by atoms with Gasteiger partial charge in [-0.1, -0.05) is 29.7 Å². The first-order valence-electron chi connectivity index (χ1n) is 8.27. The highest BCUT2D eigenvalue weighted by Gasteiger charge is 2.25. The van der Waals surface area contributed by atoms with E-state index in [-0.39, 0.29) is 11.9 Å². The van der Waals surface area contributed by atoms with Gasteiger partial charge in [0.15, 0.2) is 0 Å². The zero-order chi connectivity index (χ0) is 19.6. The Balaban J connectivity index is 2.93. The summed E-state index contributed by atoms with van der Waals surface area (Å²) in [6.07, 6.45) is 0.359. The molecule has 26 heavy (non-hydrogen) atoms. The van der Waals surface area contributed by atoms with Crippen LogP contribution in [0.2, 0.25) is 0 Å². The zero-order valence-electron chi connectivity index (χ0n) is 15.8. The highest BCUT2D eigenvalue weighted by Crippen LogP contribution is 2.70. The van der Waals surface area contributed by atoms with E-state index < -0.39 is 11.9 Å². The predicted molar refractivity (Wildman–Crippen MR) is 106 cm³/mol. The Kier molecular flexibility index (Phi) is 10.4. The molecule has 0 radical (unpaired) electrons. The largest absolute Gasteiger partial charge is 0.464 e. The van der Waals surface area contributed by atoms with Gasteiger partial charge in [-0.3, -0.25) is 4.57 Å². The van der Waals surface area contributed by atoms with Crippen LogP contribution >= 0.6 is 28.5 Å². The van der Waals surface area contributed by atoms with Crippen molar-refractivity contribution in [3.05, 3.63) is 11.8 Å². The molecule has 1 heterocycles. The van der Waals surface area contributed by atoms with Gasteiger partial charge in [-0.2, -0.15) is 9.97 Å². The Morgan fingerprint density at radius 3 is 2.50 bits per heavy atom. The van der Waals surface area contributed by atoms with Crippen LogP contribution in [-0.4, -0.2) is 54.0 Å². The topological polar surface area (TPSA) is 90.9 Å². The van der Waals surface area contributed by atoms with Crippen LogP contribution in [0.3, 0.4) is 0 Å². The molecule has 1 rings (SSSR count). The smallest absolute Gasteiger partial charge is 0.416 e. The van der Waals surface area contributed by atoms with Gasteiger partial charge in [-0.25, -0.2) is 4.79 Å². The normalized spacial score (nSPS) is 13.1. The molecule has 0 N–H and O–H groups in total. The van der Waals surface area contributed by atoms with Crippen molar-refractivity contribution in [3.63, 3.8) is 0 Å². The van der Waals surface area contributed by atoms with Crippen LogP contribution < -0.4 is 9.47 Å². The second-order valence-electron chi connectivity index (χ2n) is 5.15. The molecule has 0 fully saturated rings. The Labute approximate surface area is 162 Å². The van der Waals surface area contributed by atoms with Gasteiger partial charge in [0.2, 0.25) is 5.88 Å². The van der Waals surface area contributed by atoms with Crippen molar-refractivity contribution in [1.29, 1.82) is 0 Å². The number of carbonyl (C=O) groups is 1. The molecule has 0 saturated carbocycles. The minimum absolute atomic E-state index is 0.0882. The van der Waals surface area contributed by atoms with E-state index in [2.05, 4.69) is 9.97 Å². The molecule has 1 amide bonds. The molecule has 11 heteroatoms. The third-order valence-corrected chi connectivity index (χ3v) is 10.3. The van der Waals surface area contributed by atoms with Crippen LogP contribution in [0.25, 0.3) is 0 Å². The molecule has 8 nitrogen and oxygen atoms in total. The van der Waals surface area contributed by atoms with E-state index in [0.717, 1.165) is 12.2 Å². The molecule has 1 unspecified atom stereocenters. The van der Waals surface area contributed by atoms with E-state index in [1.165, 1.54) is 33.7 Å². The minimum Gasteiger partial charge on any atom is -0.464 e. The molecule has 0 aliphatic rings. The minimum atomic E-state index is -2.87. The number of hydrogen-bond acceptors (Lipinski definition) is 9. The maximum Gasteiger partial charge on any atom is 0.416 e. The second kappa shape index (κ2) is 11.7. The summed E-state index contributed by atoms with van der Waals surface area (Å²) in [4.78, 5) is 21.4. The summed E-state index contributed by atoms with van der Waals surface area (Å²) in [5.74, 6) is -1.71. The highest BCUT2D eigenvalue weighted by atomic mass is 33.1. The van der Waals surface area contributed by atoms with Crippen molar-refractivity contribution in [1.82, 2.24) is 14.9 Å². The fourth-order valence-corrected chi connectivity index (χ4v) is 8.16. The number of aromatic nitrogens is 2. The molecule has 1 aromatic heterocycles. The molecular weight excluding hydrogens is 397 g/mol. The van der Waals surface area contributed by atoms with Crippen molar-refractivity contribution < 1.29 is 23.4 Å². The van der Waals surface area contributed by atoms with Crippen LogP contribution in [0.1, 0.15) is 32.9 Å². The first-order valence-corrected chi connectivity index (χ1v) is 13.1. The molecule has 0 spiro atoms. The van der Waals surface area contributed by atoms with Crippen molar-refractivity contribution >= 4 is 34.6 Å². The Hall–Kier alpha value is -0.960. The molecule has 0 saturated heterocycles. The summed E-state index contributed by atoms with van der Waals surface area (Å²) in [6.45, 7) is 6.40. The lowest BCUT2D eigenvalue weighted by molar-refractivity contribution is 0.169. The van der Waals surface area contributed by atoms with E-state index in [9.17, 15) is 9.36 Å². The maximum atomic E-state index is 12.8. The van der Waals surface area contributed by atoms with Crippen molar-refractivity contribution in [2.45, 2.75) is 32.9 Å². The van der Waals surface area contributed by atoms with Gasteiger partial charge < -0.3 is 18.9 Å². The second-order valence-corrected chi connectivity index (χ2v) is 12.6. The van der Waals surface area contributed by atoms with Crippen LogP contribution in [0.15, 0.2) is 6.07 Å². The molecule has 0 bridgehead atoms. The highest BCUT2D eigenvalue weighted by molar-refractivity contribution is 8.89. The molecule has 0 aliphatic heterocycles. The van der Waals surface area contributed by atoms with Crippen LogP contribution in [0.4, 0.5) is 4.79 Å². The third kappa shape index (κ3) is 8.16. The maximum absolute atomic E-state index is 12.8. The predicted octanol–water partition coefficient (Wildman–Crippen LogP) is 4.46. The number of hydrogen-bond donors (Lipinski definition) is 0. The number of ether oxygens (including phenoxy) is 2. The lowest BCUT2D eigenvalue weighted by Gasteiger charge is -2.16. The summed E-state index contributed by atoms with van der Waals surface area (Å²) in [5, 5.41) is 0. The Morgan fingerprint density at radius 2 is 1.92 bits per heavy atom. The lowest BCUT2D eigenvalue weighted by Crippen LogP contribution is -2.25. The molecule has 1 aromatic rings. The van der Waals surface area contributed by atoms with E-state index in [0.29, 0.717) is 24.7 Å². The van der Waals surface area contributed by atoms with Gasteiger partial charge in [0, 0.05) is 31.7 Å². The summed E-state index contributed by atoms with van der Waals surface area (Å²) in [7, 11) is 3.15. The Morgan fingerprint density at radius 1 is 1.19 bits per heavy atom. The average molecular weight is 423 g/mol. The summed E-state index contributed by atoms with van der Waals surface area (Å²) < 4.78 is 28.8. The average Bonchev–Trinajstić information content (AvgIpc) is 2.59. The molecule has 0 aromatic carbocycles. The quantitative estimate of drug-likeness (QED) is 0.478. The van der Waals surface area contributed by atoms with Gasteiger partial charge in [0.05, 0.1) is 18.9 Å². The van der Waals surface area contributed by atoms with Gasteiger partial charge >= 0.3 is 17.9 Å². The van der Waals surface area contributed by atoms with Gasteiger partial charge in [-0.15, -0.1) is 0 Å². The molecular formula is C15H26N3O5PS2. The van der Waals surface area contributed by atoms with E-state index in [1.807, 2.05) is 13.8 Å². The summed E-state index contributed by atoms with van der Waals surface area (Å²) >= 11 is 2.53. The van der Waals surface area contributed by atoms with Crippen LogP contribution in [-0.2, 0) is 14.8 Å². The Bertz CT molecular complexity index is 633. The van der Waals surface area contributed by atoms with E-state index >= 15 is 0 Å². The third-order valence-electron chi connectivity index (χ3n) is 2.68. The van der Waals surface area contributed by atoms with Crippen molar-refractivity contribution in [2.75, 3.05) is 33.1 Å². The molecule has 0 aliphatic carbocycles. The number of rotatable bonds is 11. The van der Waals surface area contributed by atoms with Crippen LogP contribution in [0, 0.1) is 0 Å². The summed E-state index contributed by atoms with van der Waals surface area (Å²) in [6, 6.07) is 1.65.